The van der Waals surface area contributed by atoms with Crippen LogP contribution < -0.4 is 0 Å². The molecule has 0 aromatic heterocycles. The van der Waals surface area contributed by atoms with E-state index in [2.05, 4.69) is 48.5 Å². The number of ether oxygens (including phenoxy) is 4. The Balaban J connectivity index is 5.28. The highest BCUT2D eigenvalue weighted by Gasteiger charge is 2.30. The molecule has 0 radical (unpaired) electrons. The predicted octanol–water partition coefficient (Wildman–Crippen LogP) is 24.1. The lowest BCUT2D eigenvalue weighted by Gasteiger charge is -2.21. The number of aliphatic hydroxyl groups excluding tert-OH is 1. The SMILES string of the molecule is CCCCCCCCCCCCCCCC(=O)OC[C@H](COP(=O)(O)OC[C@H](O)COP(=O)(O)OC[C@@H](COC(=O)CCCCCCCCCCCCCCCC(C)C)OC(=O)CCCCCCCCCCCCCCCC(C)C)OC(=O)CCCCCCCCCCCCCCC(C)C. The number of carbonyl (C=O) groups is 4. The maximum absolute atomic E-state index is 13.1. The van der Waals surface area contributed by atoms with Crippen LogP contribution in [0.2, 0.25) is 0 Å². The highest BCUT2D eigenvalue weighted by molar-refractivity contribution is 7.47. The molecule has 0 spiro atoms. The minimum absolute atomic E-state index is 0.107. The fraction of sp³-hybridized carbons (Fsp3) is 0.951. The van der Waals surface area contributed by atoms with E-state index in [1.165, 1.54) is 231 Å². The molecule has 0 rings (SSSR count). The maximum atomic E-state index is 13.1. The van der Waals surface area contributed by atoms with Crippen molar-refractivity contribution >= 4 is 39.5 Å². The van der Waals surface area contributed by atoms with Gasteiger partial charge in [-0.05, 0) is 43.4 Å². The summed E-state index contributed by atoms with van der Waals surface area (Å²) >= 11 is 0. The second kappa shape index (κ2) is 71.3. The molecule has 0 aromatic carbocycles. The minimum atomic E-state index is -4.96. The Morgan fingerprint density at radius 1 is 0.270 bits per heavy atom. The standard InChI is InChI=1S/C81H158O17P2/c1-8-9-10-11-12-13-14-17-27-34-41-48-55-62-78(83)91-68-77(98-81(86)65-58-51-44-37-30-23-22-26-33-40-47-54-61-74(6)7)71-96-100(89,90)94-67-75(82)66-93-99(87,88)95-70-76(97-80(85)64-57-50-43-36-29-21-16-19-25-32-39-46-53-60-73(4)5)69-92-79(84)63-56-49-42-35-28-20-15-18-24-31-38-45-52-59-72(2)3/h72-77,82H,8-71H2,1-7H3,(H,87,88)(H,89,90)/t75-,76-,77-/m1/s1. The first kappa shape index (κ1) is 98.1. The molecule has 2 unspecified atom stereocenters. The van der Waals surface area contributed by atoms with Crippen molar-refractivity contribution in [1.82, 2.24) is 0 Å². The average molecular weight is 1470 g/mol. The second-order valence-corrected chi connectivity index (χ2v) is 33.5. The highest BCUT2D eigenvalue weighted by atomic mass is 31.2. The van der Waals surface area contributed by atoms with E-state index >= 15 is 0 Å². The molecule has 0 aliphatic carbocycles. The Kier molecular flexibility index (Phi) is 69.9. The Morgan fingerprint density at radius 2 is 0.460 bits per heavy atom. The van der Waals surface area contributed by atoms with Crippen LogP contribution in [-0.2, 0) is 65.4 Å². The fourth-order valence-electron chi connectivity index (χ4n) is 12.5. The first-order chi connectivity index (χ1) is 48.2. The number of unbranched alkanes of at least 4 members (excludes halogenated alkanes) is 47. The van der Waals surface area contributed by atoms with E-state index in [-0.39, 0.29) is 25.7 Å². The van der Waals surface area contributed by atoms with Gasteiger partial charge in [0.2, 0.25) is 0 Å². The van der Waals surface area contributed by atoms with E-state index in [1.54, 1.807) is 0 Å². The molecular formula is C81H158O17P2. The van der Waals surface area contributed by atoms with Gasteiger partial charge in [-0.15, -0.1) is 0 Å². The molecule has 0 fully saturated rings. The van der Waals surface area contributed by atoms with Crippen molar-refractivity contribution in [3.63, 3.8) is 0 Å². The van der Waals surface area contributed by atoms with Gasteiger partial charge < -0.3 is 33.8 Å². The van der Waals surface area contributed by atoms with Crippen molar-refractivity contribution in [2.75, 3.05) is 39.6 Å². The number of carbonyl (C=O) groups excluding carboxylic acids is 4. The van der Waals surface area contributed by atoms with Crippen LogP contribution in [0.25, 0.3) is 0 Å². The lowest BCUT2D eigenvalue weighted by atomic mass is 10.0. The van der Waals surface area contributed by atoms with Crippen molar-refractivity contribution in [3.05, 3.63) is 0 Å². The number of aliphatic hydroxyl groups is 1. The minimum Gasteiger partial charge on any atom is -0.462 e. The molecule has 0 aliphatic heterocycles. The van der Waals surface area contributed by atoms with Gasteiger partial charge in [0.05, 0.1) is 26.4 Å². The molecule has 0 bridgehead atoms. The van der Waals surface area contributed by atoms with E-state index in [1.807, 2.05) is 0 Å². The zero-order valence-electron chi connectivity index (χ0n) is 65.7. The second-order valence-electron chi connectivity index (χ2n) is 30.6. The first-order valence-corrected chi connectivity index (χ1v) is 44.8. The number of phosphoric ester groups is 2. The van der Waals surface area contributed by atoms with Crippen LogP contribution in [0, 0.1) is 17.8 Å². The molecule has 17 nitrogen and oxygen atoms in total. The zero-order chi connectivity index (χ0) is 73.7. The summed E-state index contributed by atoms with van der Waals surface area (Å²) in [7, 11) is -9.92. The lowest BCUT2D eigenvalue weighted by Crippen LogP contribution is -2.30. The van der Waals surface area contributed by atoms with E-state index < -0.39 is 97.5 Å². The Bertz CT molecular complexity index is 1940. The number of esters is 4. The molecule has 0 saturated carbocycles. The van der Waals surface area contributed by atoms with E-state index in [4.69, 9.17) is 37.0 Å². The normalized spacial score (nSPS) is 14.0. The summed E-state index contributed by atoms with van der Waals surface area (Å²) in [5.74, 6) is 0.246. The molecule has 0 heterocycles. The number of rotatable bonds is 79. The van der Waals surface area contributed by atoms with E-state index in [0.717, 1.165) is 108 Å². The molecule has 594 valence electrons. The molecule has 3 N–H and O–H groups in total. The number of hydrogen-bond acceptors (Lipinski definition) is 15. The van der Waals surface area contributed by atoms with Gasteiger partial charge in [-0.3, -0.25) is 37.3 Å². The zero-order valence-corrected chi connectivity index (χ0v) is 67.5. The van der Waals surface area contributed by atoms with Crippen molar-refractivity contribution in [2.45, 2.75) is 439 Å². The molecular weight excluding hydrogens is 1310 g/mol. The van der Waals surface area contributed by atoms with Gasteiger partial charge in [0.25, 0.3) is 0 Å². The van der Waals surface area contributed by atoms with Gasteiger partial charge >= 0.3 is 39.5 Å². The monoisotopic (exact) mass is 1470 g/mol. The summed E-state index contributed by atoms with van der Waals surface area (Å²) in [6.07, 6.45) is 59.5. The number of hydrogen-bond donors (Lipinski definition) is 3. The highest BCUT2D eigenvalue weighted by Crippen LogP contribution is 2.45. The molecule has 5 atom stereocenters. The van der Waals surface area contributed by atoms with Gasteiger partial charge in [-0.1, -0.05) is 370 Å². The molecule has 0 aromatic rings. The lowest BCUT2D eigenvalue weighted by molar-refractivity contribution is -0.161. The molecule has 0 amide bonds. The van der Waals surface area contributed by atoms with Gasteiger partial charge in [-0.25, -0.2) is 9.13 Å². The largest absolute Gasteiger partial charge is 0.472 e. The van der Waals surface area contributed by atoms with Gasteiger partial charge in [0, 0.05) is 25.7 Å². The van der Waals surface area contributed by atoms with Crippen LogP contribution in [0.15, 0.2) is 0 Å². The average Bonchev–Trinajstić information content (AvgIpc) is 0.933. The van der Waals surface area contributed by atoms with Crippen LogP contribution in [0.1, 0.15) is 421 Å². The molecule has 100 heavy (non-hydrogen) atoms. The van der Waals surface area contributed by atoms with Crippen LogP contribution >= 0.6 is 15.6 Å². The Labute approximate surface area is 613 Å². The summed E-state index contributed by atoms with van der Waals surface area (Å²) in [6.45, 7) is 12.0. The number of phosphoric acid groups is 2. The first-order valence-electron chi connectivity index (χ1n) is 41.8. The van der Waals surface area contributed by atoms with Crippen molar-refractivity contribution < 1.29 is 80.2 Å². The van der Waals surface area contributed by atoms with Crippen molar-refractivity contribution in [1.29, 1.82) is 0 Å². The van der Waals surface area contributed by atoms with Crippen LogP contribution in [-0.4, -0.2) is 96.7 Å². The summed E-state index contributed by atoms with van der Waals surface area (Å²) in [4.78, 5) is 73.1. The summed E-state index contributed by atoms with van der Waals surface area (Å²) in [5, 5.41) is 10.7. The third kappa shape index (κ3) is 74.3. The van der Waals surface area contributed by atoms with Gasteiger partial charge in [0.1, 0.15) is 19.3 Å². The molecule has 0 aliphatic rings. The molecule has 19 heteroatoms. The summed E-state index contributed by atoms with van der Waals surface area (Å²) < 4.78 is 68.8. The third-order valence-corrected chi connectivity index (χ3v) is 20.8. The summed E-state index contributed by atoms with van der Waals surface area (Å²) in [5.41, 5.74) is 0. The van der Waals surface area contributed by atoms with Crippen LogP contribution in [0.4, 0.5) is 0 Å². The Hall–Kier alpha value is -1.94. The van der Waals surface area contributed by atoms with E-state index in [0.29, 0.717) is 25.7 Å². The van der Waals surface area contributed by atoms with Gasteiger partial charge in [0.15, 0.2) is 12.2 Å². The van der Waals surface area contributed by atoms with Crippen LogP contribution in [0.5, 0.6) is 0 Å². The predicted molar refractivity (Wildman–Crippen MR) is 409 cm³/mol. The van der Waals surface area contributed by atoms with Gasteiger partial charge in [-0.2, -0.15) is 0 Å². The smallest absolute Gasteiger partial charge is 0.462 e. The maximum Gasteiger partial charge on any atom is 0.472 e. The van der Waals surface area contributed by atoms with Crippen molar-refractivity contribution in [3.8, 4) is 0 Å². The molecule has 0 saturated heterocycles. The third-order valence-electron chi connectivity index (χ3n) is 18.9. The summed E-state index contributed by atoms with van der Waals surface area (Å²) in [6, 6.07) is 0. The fourth-order valence-corrected chi connectivity index (χ4v) is 14.1. The van der Waals surface area contributed by atoms with Crippen LogP contribution in [0.3, 0.4) is 0 Å². The van der Waals surface area contributed by atoms with E-state index in [9.17, 15) is 43.2 Å². The Morgan fingerprint density at radius 3 is 0.680 bits per heavy atom. The topological polar surface area (TPSA) is 237 Å². The van der Waals surface area contributed by atoms with Crippen molar-refractivity contribution in [2.24, 2.45) is 17.8 Å². The quantitative estimate of drug-likeness (QED) is 0.0222.